The van der Waals surface area contributed by atoms with Crippen molar-refractivity contribution in [3.05, 3.63) is 0 Å². The fourth-order valence-electron chi connectivity index (χ4n) is 0.877. The topological polar surface area (TPSA) is 18.5 Å². The Balaban J connectivity index is 1.76. The van der Waals surface area contributed by atoms with E-state index in [0.717, 1.165) is 19.8 Å². The van der Waals surface area contributed by atoms with Gasteiger partial charge in [-0.2, -0.15) is 0 Å². The van der Waals surface area contributed by atoms with Gasteiger partial charge in [-0.25, -0.2) is 0 Å². The Hall–Kier alpha value is -0.0800. The molecule has 0 aliphatic carbocycles. The highest BCUT2D eigenvalue weighted by molar-refractivity contribution is 4.64. The van der Waals surface area contributed by atoms with Crippen LogP contribution in [0.3, 0.4) is 0 Å². The number of unbranched alkanes of at least 4 members (excludes halogenated alkanes) is 1. The quantitative estimate of drug-likeness (QED) is 0.545. The molecule has 0 saturated carbocycles. The first-order chi connectivity index (χ1) is 4.93. The number of hydrogen-bond donors (Lipinski definition) is 0. The molecular formula is C8H16O2. The third kappa shape index (κ3) is 2.67. The van der Waals surface area contributed by atoms with Gasteiger partial charge >= 0.3 is 0 Å². The zero-order valence-electron chi connectivity index (χ0n) is 6.64. The summed E-state index contributed by atoms with van der Waals surface area (Å²) in [6.07, 6.45) is 3.99. The maximum Gasteiger partial charge on any atom is 0.0830 e. The van der Waals surface area contributed by atoms with Gasteiger partial charge in [0.2, 0.25) is 0 Å². The predicted octanol–water partition coefficient (Wildman–Crippen LogP) is 1.59. The minimum atomic E-state index is 0.414. The molecule has 60 valence electrons. The van der Waals surface area contributed by atoms with Crippen LogP contribution in [0.2, 0.25) is 0 Å². The Labute approximate surface area is 62.5 Å². The van der Waals surface area contributed by atoms with Crippen LogP contribution in [-0.2, 0) is 9.47 Å². The molecule has 0 aromatic heterocycles. The van der Waals surface area contributed by atoms with Crippen molar-refractivity contribution in [1.29, 1.82) is 0 Å². The van der Waals surface area contributed by atoms with E-state index in [0.29, 0.717) is 6.10 Å². The molecule has 1 saturated heterocycles. The summed E-state index contributed by atoms with van der Waals surface area (Å²) in [5.74, 6) is 0. The number of ether oxygens (including phenoxy) is 2. The molecular weight excluding hydrogens is 128 g/mol. The molecule has 1 fully saturated rings. The van der Waals surface area contributed by atoms with Crippen molar-refractivity contribution >= 4 is 0 Å². The van der Waals surface area contributed by atoms with E-state index in [2.05, 4.69) is 6.92 Å². The molecule has 2 heteroatoms. The van der Waals surface area contributed by atoms with Gasteiger partial charge in [-0.3, -0.25) is 0 Å². The van der Waals surface area contributed by atoms with Crippen LogP contribution in [0.4, 0.5) is 0 Å². The smallest absolute Gasteiger partial charge is 0.0830 e. The van der Waals surface area contributed by atoms with Gasteiger partial charge in [-0.15, -0.1) is 0 Å². The minimum Gasteiger partial charge on any atom is -0.379 e. The van der Waals surface area contributed by atoms with Crippen molar-refractivity contribution in [1.82, 2.24) is 0 Å². The standard InChI is InChI=1S/C8H16O2/c1-2-3-5-9-7-8-4-6-10-8/h8H,2-7H2,1H3/t8-/m0/s1. The maximum atomic E-state index is 5.35. The second-order valence-corrected chi connectivity index (χ2v) is 2.71. The van der Waals surface area contributed by atoms with Crippen molar-refractivity contribution in [2.24, 2.45) is 0 Å². The molecule has 1 atom stereocenters. The van der Waals surface area contributed by atoms with E-state index >= 15 is 0 Å². The first-order valence-corrected chi connectivity index (χ1v) is 4.13. The van der Waals surface area contributed by atoms with E-state index < -0.39 is 0 Å². The SMILES string of the molecule is CCCCOC[C@@H]1CCO1. The van der Waals surface area contributed by atoms with Gasteiger partial charge in [-0.05, 0) is 12.8 Å². The van der Waals surface area contributed by atoms with Crippen LogP contribution in [-0.4, -0.2) is 25.9 Å². The molecule has 1 aliphatic rings. The fraction of sp³-hybridized carbons (Fsp3) is 1.00. The lowest BCUT2D eigenvalue weighted by atomic mass is 10.2. The highest BCUT2D eigenvalue weighted by atomic mass is 16.5. The Bertz CT molecular complexity index is 79.3. The molecule has 0 aromatic rings. The van der Waals surface area contributed by atoms with Gasteiger partial charge in [-0.1, -0.05) is 13.3 Å². The average Bonchev–Trinajstić information content (AvgIpc) is 1.84. The molecule has 1 rings (SSSR count). The summed E-state index contributed by atoms with van der Waals surface area (Å²) >= 11 is 0. The molecule has 0 aromatic carbocycles. The van der Waals surface area contributed by atoms with Gasteiger partial charge in [0.25, 0.3) is 0 Å². The molecule has 0 radical (unpaired) electrons. The van der Waals surface area contributed by atoms with Crippen molar-refractivity contribution in [3.63, 3.8) is 0 Å². The molecule has 10 heavy (non-hydrogen) atoms. The molecule has 0 bridgehead atoms. The van der Waals surface area contributed by atoms with Crippen molar-refractivity contribution in [2.45, 2.75) is 32.3 Å². The molecule has 0 unspecified atom stereocenters. The third-order valence-electron chi connectivity index (χ3n) is 1.74. The molecule has 0 amide bonds. The number of rotatable bonds is 5. The fourth-order valence-corrected chi connectivity index (χ4v) is 0.877. The molecule has 2 nitrogen and oxygen atoms in total. The lowest BCUT2D eigenvalue weighted by Gasteiger charge is -2.25. The van der Waals surface area contributed by atoms with E-state index in [1.54, 1.807) is 0 Å². The van der Waals surface area contributed by atoms with Crippen LogP contribution in [0.15, 0.2) is 0 Å². The maximum absolute atomic E-state index is 5.35. The zero-order valence-corrected chi connectivity index (χ0v) is 6.64. The normalized spacial score (nSPS) is 24.3. The number of hydrogen-bond acceptors (Lipinski definition) is 2. The highest BCUT2D eigenvalue weighted by Crippen LogP contribution is 2.10. The van der Waals surface area contributed by atoms with Crippen LogP contribution >= 0.6 is 0 Å². The highest BCUT2D eigenvalue weighted by Gasteiger charge is 2.17. The van der Waals surface area contributed by atoms with Gasteiger partial charge < -0.3 is 9.47 Å². The lowest BCUT2D eigenvalue weighted by Crippen LogP contribution is -2.31. The molecule has 1 aliphatic heterocycles. The predicted molar refractivity (Wildman–Crippen MR) is 40.1 cm³/mol. The van der Waals surface area contributed by atoms with Crippen LogP contribution in [0.1, 0.15) is 26.2 Å². The first-order valence-electron chi connectivity index (χ1n) is 4.13. The zero-order chi connectivity index (χ0) is 7.23. The van der Waals surface area contributed by atoms with Gasteiger partial charge in [0.05, 0.1) is 12.7 Å². The van der Waals surface area contributed by atoms with E-state index in [9.17, 15) is 0 Å². The molecule has 1 heterocycles. The van der Waals surface area contributed by atoms with Crippen LogP contribution in [0, 0.1) is 0 Å². The van der Waals surface area contributed by atoms with Crippen LogP contribution in [0.5, 0.6) is 0 Å². The van der Waals surface area contributed by atoms with Crippen molar-refractivity contribution in [2.75, 3.05) is 19.8 Å². The second-order valence-electron chi connectivity index (χ2n) is 2.71. The van der Waals surface area contributed by atoms with E-state index in [1.165, 1.54) is 19.3 Å². The van der Waals surface area contributed by atoms with E-state index in [-0.39, 0.29) is 0 Å². The average molecular weight is 144 g/mol. The Morgan fingerprint density at radius 3 is 2.90 bits per heavy atom. The summed E-state index contributed by atoms with van der Waals surface area (Å²) in [7, 11) is 0. The van der Waals surface area contributed by atoms with Crippen molar-refractivity contribution < 1.29 is 9.47 Å². The third-order valence-corrected chi connectivity index (χ3v) is 1.74. The summed E-state index contributed by atoms with van der Waals surface area (Å²) in [4.78, 5) is 0. The second kappa shape index (κ2) is 4.69. The summed E-state index contributed by atoms with van der Waals surface area (Å²) in [5.41, 5.74) is 0. The summed E-state index contributed by atoms with van der Waals surface area (Å²) in [6.45, 7) is 4.81. The van der Waals surface area contributed by atoms with Crippen LogP contribution in [0.25, 0.3) is 0 Å². The summed E-state index contributed by atoms with van der Waals surface area (Å²) in [6, 6.07) is 0. The molecule has 0 spiro atoms. The van der Waals surface area contributed by atoms with Gasteiger partial charge in [0.1, 0.15) is 0 Å². The Morgan fingerprint density at radius 1 is 1.60 bits per heavy atom. The first kappa shape index (κ1) is 8.02. The Kier molecular flexibility index (Phi) is 3.76. The summed E-state index contributed by atoms with van der Waals surface area (Å²) in [5, 5.41) is 0. The Morgan fingerprint density at radius 2 is 2.40 bits per heavy atom. The van der Waals surface area contributed by atoms with Gasteiger partial charge in [0.15, 0.2) is 0 Å². The minimum absolute atomic E-state index is 0.414. The molecule has 0 N–H and O–H groups in total. The van der Waals surface area contributed by atoms with E-state index in [1.807, 2.05) is 0 Å². The van der Waals surface area contributed by atoms with Crippen molar-refractivity contribution in [3.8, 4) is 0 Å². The summed E-state index contributed by atoms with van der Waals surface area (Å²) < 4.78 is 10.5. The van der Waals surface area contributed by atoms with Crippen LogP contribution < -0.4 is 0 Å². The van der Waals surface area contributed by atoms with Gasteiger partial charge in [0, 0.05) is 13.2 Å². The van der Waals surface area contributed by atoms with E-state index in [4.69, 9.17) is 9.47 Å². The lowest BCUT2D eigenvalue weighted by molar-refractivity contribution is -0.0938. The largest absolute Gasteiger partial charge is 0.379 e. The monoisotopic (exact) mass is 144 g/mol.